The number of pyridine rings is 1. The number of nitrogens with zero attached hydrogens (tertiary/aromatic N) is 2. The van der Waals surface area contributed by atoms with E-state index >= 15 is 0 Å². The normalized spacial score (nSPS) is 14.9. The molecule has 1 fully saturated rings. The number of rotatable bonds is 5. The van der Waals surface area contributed by atoms with E-state index in [2.05, 4.69) is 4.98 Å². The first-order chi connectivity index (χ1) is 16.4. The molecule has 0 atom stereocenters. The number of hydrogen-bond donors (Lipinski definition) is 0. The van der Waals surface area contributed by atoms with E-state index in [1.807, 2.05) is 55.6 Å². The number of ether oxygens (including phenoxy) is 1. The molecular formula is C27H25ClN2O3S. The number of aryl methyl sites for hydroxylation is 1. The second-order valence-electron chi connectivity index (χ2n) is 8.52. The lowest BCUT2D eigenvalue weighted by Crippen LogP contribution is -2.35. The van der Waals surface area contributed by atoms with Crippen LogP contribution < -0.4 is 4.74 Å². The summed E-state index contributed by atoms with van der Waals surface area (Å²) in [6.07, 6.45) is 4.70. The minimum atomic E-state index is -3.53. The summed E-state index contributed by atoms with van der Waals surface area (Å²) < 4.78 is 33.8. The number of hydrogen-bond acceptors (Lipinski definition) is 4. The van der Waals surface area contributed by atoms with E-state index in [4.69, 9.17) is 16.3 Å². The minimum absolute atomic E-state index is 0.258. The van der Waals surface area contributed by atoms with E-state index in [-0.39, 0.29) is 4.90 Å². The van der Waals surface area contributed by atoms with Crippen molar-refractivity contribution < 1.29 is 13.2 Å². The van der Waals surface area contributed by atoms with Gasteiger partial charge in [0.2, 0.25) is 10.0 Å². The van der Waals surface area contributed by atoms with Gasteiger partial charge in [0.15, 0.2) is 0 Å². The summed E-state index contributed by atoms with van der Waals surface area (Å²) in [5.41, 5.74) is 3.80. The first-order valence-electron chi connectivity index (χ1n) is 11.4. The van der Waals surface area contributed by atoms with E-state index in [1.54, 1.807) is 28.6 Å². The second kappa shape index (κ2) is 9.37. The van der Waals surface area contributed by atoms with Crippen LogP contribution in [0.2, 0.25) is 5.02 Å². The lowest BCUT2D eigenvalue weighted by molar-refractivity contribution is 0.346. The van der Waals surface area contributed by atoms with Crippen molar-refractivity contribution in [2.24, 2.45) is 0 Å². The summed E-state index contributed by atoms with van der Waals surface area (Å²) >= 11 is 6.38. The van der Waals surface area contributed by atoms with Crippen LogP contribution in [-0.4, -0.2) is 30.8 Å². The van der Waals surface area contributed by atoms with Crippen LogP contribution in [0.4, 0.5) is 0 Å². The molecule has 0 bridgehead atoms. The van der Waals surface area contributed by atoms with Crippen molar-refractivity contribution in [1.82, 2.24) is 9.29 Å². The summed E-state index contributed by atoms with van der Waals surface area (Å²) in [5, 5.41) is 1.58. The number of benzene rings is 3. The summed E-state index contributed by atoms with van der Waals surface area (Å²) in [6.45, 7) is 3.16. The van der Waals surface area contributed by atoms with E-state index in [0.717, 1.165) is 46.9 Å². The topological polar surface area (TPSA) is 59.5 Å². The van der Waals surface area contributed by atoms with Crippen LogP contribution in [0.25, 0.3) is 22.0 Å². The average Bonchev–Trinajstić information content (AvgIpc) is 2.85. The third kappa shape index (κ3) is 4.41. The van der Waals surface area contributed by atoms with Crippen LogP contribution in [0.3, 0.4) is 0 Å². The van der Waals surface area contributed by atoms with Gasteiger partial charge < -0.3 is 4.74 Å². The van der Waals surface area contributed by atoms with Gasteiger partial charge in [-0.1, -0.05) is 48.4 Å². The molecular weight excluding hydrogens is 468 g/mol. The Labute approximate surface area is 205 Å². The number of aromatic nitrogens is 1. The standard InChI is InChI=1S/C27H25ClN2O3S/c1-19-18-29-27-24(12-7-13-25(27)28)26(19)20-8-5-9-21(16-20)33-22-10-6-11-23(17-22)34(31,32)30-14-3-2-4-15-30/h5-13,16-18H,2-4,14-15H2,1H3. The number of halogens is 1. The van der Waals surface area contributed by atoms with Gasteiger partial charge in [0.25, 0.3) is 0 Å². The summed E-state index contributed by atoms with van der Waals surface area (Å²) in [4.78, 5) is 4.76. The molecule has 1 saturated heterocycles. The highest BCUT2D eigenvalue weighted by molar-refractivity contribution is 7.89. The SMILES string of the molecule is Cc1cnc2c(Cl)cccc2c1-c1cccc(Oc2cccc(S(=O)(=O)N3CCCCC3)c2)c1. The quantitative estimate of drug-likeness (QED) is 0.306. The van der Waals surface area contributed by atoms with Gasteiger partial charge in [0.1, 0.15) is 11.5 Å². The fourth-order valence-corrected chi connectivity index (χ4v) is 6.25. The lowest BCUT2D eigenvalue weighted by Gasteiger charge is -2.26. The molecule has 1 aromatic heterocycles. The van der Waals surface area contributed by atoms with Gasteiger partial charge >= 0.3 is 0 Å². The predicted molar refractivity (Wildman–Crippen MR) is 136 cm³/mol. The Morgan fingerprint density at radius 3 is 2.41 bits per heavy atom. The Morgan fingerprint density at radius 1 is 0.912 bits per heavy atom. The highest BCUT2D eigenvalue weighted by Gasteiger charge is 2.26. The predicted octanol–water partition coefficient (Wildman–Crippen LogP) is 6.83. The van der Waals surface area contributed by atoms with Crippen molar-refractivity contribution in [3.63, 3.8) is 0 Å². The van der Waals surface area contributed by atoms with Gasteiger partial charge in [-0.3, -0.25) is 4.98 Å². The van der Waals surface area contributed by atoms with E-state index < -0.39 is 10.0 Å². The Hall–Kier alpha value is -2.93. The fourth-order valence-electron chi connectivity index (χ4n) is 4.47. The molecule has 0 saturated carbocycles. The highest BCUT2D eigenvalue weighted by atomic mass is 35.5. The molecule has 0 aliphatic carbocycles. The lowest BCUT2D eigenvalue weighted by atomic mass is 9.97. The van der Waals surface area contributed by atoms with Crippen molar-refractivity contribution in [3.8, 4) is 22.6 Å². The van der Waals surface area contributed by atoms with Crippen molar-refractivity contribution >= 4 is 32.5 Å². The zero-order valence-electron chi connectivity index (χ0n) is 18.9. The molecule has 0 amide bonds. The highest BCUT2D eigenvalue weighted by Crippen LogP contribution is 2.36. The van der Waals surface area contributed by atoms with Crippen LogP contribution >= 0.6 is 11.6 Å². The molecule has 0 radical (unpaired) electrons. The number of para-hydroxylation sites is 1. The van der Waals surface area contributed by atoms with E-state index in [9.17, 15) is 8.42 Å². The number of sulfonamides is 1. The molecule has 5 rings (SSSR count). The fraction of sp³-hybridized carbons (Fsp3) is 0.222. The van der Waals surface area contributed by atoms with Crippen molar-refractivity contribution in [3.05, 3.63) is 83.5 Å². The molecule has 0 unspecified atom stereocenters. The second-order valence-corrected chi connectivity index (χ2v) is 10.9. The molecule has 0 N–H and O–H groups in total. The first kappa shape index (κ1) is 22.8. The zero-order valence-corrected chi connectivity index (χ0v) is 20.4. The van der Waals surface area contributed by atoms with Crippen molar-refractivity contribution in [2.45, 2.75) is 31.1 Å². The Morgan fingerprint density at radius 2 is 1.62 bits per heavy atom. The van der Waals surface area contributed by atoms with Gasteiger partial charge in [-0.05, 0) is 66.8 Å². The van der Waals surface area contributed by atoms with Crippen LogP contribution in [0, 0.1) is 6.92 Å². The van der Waals surface area contributed by atoms with E-state index in [0.29, 0.717) is 29.6 Å². The van der Waals surface area contributed by atoms with Gasteiger partial charge in [-0.25, -0.2) is 8.42 Å². The maximum atomic E-state index is 13.1. The van der Waals surface area contributed by atoms with E-state index in [1.165, 1.54) is 0 Å². The molecule has 7 heteroatoms. The van der Waals surface area contributed by atoms with Gasteiger partial charge in [-0.15, -0.1) is 0 Å². The third-order valence-electron chi connectivity index (χ3n) is 6.15. The smallest absolute Gasteiger partial charge is 0.243 e. The van der Waals surface area contributed by atoms with Crippen LogP contribution in [0.1, 0.15) is 24.8 Å². The zero-order chi connectivity index (χ0) is 23.7. The largest absolute Gasteiger partial charge is 0.457 e. The van der Waals surface area contributed by atoms with Gasteiger partial charge in [0, 0.05) is 30.7 Å². The summed E-state index contributed by atoms with van der Waals surface area (Å²) in [6, 6.07) is 20.3. The molecule has 5 nitrogen and oxygen atoms in total. The maximum absolute atomic E-state index is 13.1. The van der Waals surface area contributed by atoms with Gasteiger partial charge in [0.05, 0.1) is 15.4 Å². The minimum Gasteiger partial charge on any atom is -0.457 e. The van der Waals surface area contributed by atoms with Crippen LogP contribution in [0.5, 0.6) is 11.5 Å². The summed E-state index contributed by atoms with van der Waals surface area (Å²) in [5.74, 6) is 1.10. The molecule has 34 heavy (non-hydrogen) atoms. The van der Waals surface area contributed by atoms with Crippen LogP contribution in [0.15, 0.2) is 77.8 Å². The molecule has 4 aromatic rings. The first-order valence-corrected chi connectivity index (χ1v) is 13.2. The molecule has 1 aliphatic rings. The van der Waals surface area contributed by atoms with Gasteiger partial charge in [-0.2, -0.15) is 4.31 Å². The molecule has 174 valence electrons. The monoisotopic (exact) mass is 492 g/mol. The molecule has 1 aliphatic heterocycles. The van der Waals surface area contributed by atoms with Crippen molar-refractivity contribution in [2.75, 3.05) is 13.1 Å². The third-order valence-corrected chi connectivity index (χ3v) is 8.35. The number of piperidine rings is 1. The van der Waals surface area contributed by atoms with Crippen molar-refractivity contribution in [1.29, 1.82) is 0 Å². The maximum Gasteiger partial charge on any atom is 0.243 e. The number of fused-ring (bicyclic) bond motifs is 1. The molecule has 0 spiro atoms. The Bertz CT molecular complexity index is 1460. The Kier molecular flexibility index (Phi) is 6.30. The molecule has 3 aromatic carbocycles. The average molecular weight is 493 g/mol. The summed E-state index contributed by atoms with van der Waals surface area (Å²) in [7, 11) is -3.53. The van der Waals surface area contributed by atoms with Crippen LogP contribution in [-0.2, 0) is 10.0 Å². The molecule has 2 heterocycles. The Balaban J connectivity index is 1.47.